The average molecular weight is 413 g/mol. The van der Waals surface area contributed by atoms with Crippen molar-refractivity contribution < 1.29 is 0 Å². The molecule has 0 atom stereocenters. The fourth-order valence-electron chi connectivity index (χ4n) is 3.98. The summed E-state index contributed by atoms with van der Waals surface area (Å²) in [6, 6.07) is 8.79. The van der Waals surface area contributed by atoms with Gasteiger partial charge >= 0.3 is 0 Å². The number of hydrogen-bond donors (Lipinski definition) is 1. The Hall–Kier alpha value is -3.70. The first-order valence-electron chi connectivity index (χ1n) is 10.5. The van der Waals surface area contributed by atoms with Gasteiger partial charge in [0.25, 0.3) is 0 Å². The van der Waals surface area contributed by atoms with Gasteiger partial charge in [-0.3, -0.25) is 4.68 Å². The topological polar surface area (TPSA) is 87.1 Å². The molecule has 0 amide bonds. The molecule has 0 spiro atoms. The first-order valence-corrected chi connectivity index (χ1v) is 10.5. The number of anilines is 1. The number of nitrogens with zero attached hydrogens (tertiary/aromatic N) is 7. The van der Waals surface area contributed by atoms with E-state index in [9.17, 15) is 5.26 Å². The van der Waals surface area contributed by atoms with Gasteiger partial charge in [-0.05, 0) is 32.0 Å². The standard InChI is InChI=1S/C23H24N8/c1-16(2)30-15-20(13-27-30)18-9-21(23-19(10-24)12-28-31(23)14-18)17-3-4-22(26-11-17)29-7-5-25-6-8-29/h3-4,9,11-16,25H,5-8H2,1-2H3. The summed E-state index contributed by atoms with van der Waals surface area (Å²) in [5.41, 5.74) is 5.23. The molecule has 1 N–H and O–H groups in total. The Labute approximate surface area is 180 Å². The van der Waals surface area contributed by atoms with Crippen molar-refractivity contribution in [1.29, 1.82) is 5.26 Å². The first-order chi connectivity index (χ1) is 15.1. The van der Waals surface area contributed by atoms with Gasteiger partial charge in [-0.25, -0.2) is 9.50 Å². The maximum absolute atomic E-state index is 9.62. The highest BCUT2D eigenvalue weighted by Gasteiger charge is 2.16. The third-order valence-corrected chi connectivity index (χ3v) is 5.70. The lowest BCUT2D eigenvalue weighted by atomic mass is 10.0. The van der Waals surface area contributed by atoms with Gasteiger partial charge in [-0.15, -0.1) is 0 Å². The van der Waals surface area contributed by atoms with Crippen molar-refractivity contribution in [3.63, 3.8) is 0 Å². The molecule has 1 saturated heterocycles. The van der Waals surface area contributed by atoms with Crippen LogP contribution in [-0.2, 0) is 0 Å². The molecule has 0 bridgehead atoms. The summed E-state index contributed by atoms with van der Waals surface area (Å²) in [5.74, 6) is 0.977. The van der Waals surface area contributed by atoms with Gasteiger partial charge in [0.2, 0.25) is 0 Å². The quantitative estimate of drug-likeness (QED) is 0.554. The molecule has 156 valence electrons. The molecule has 0 radical (unpaired) electrons. The number of piperazine rings is 1. The molecule has 0 aliphatic carbocycles. The molecule has 8 nitrogen and oxygen atoms in total. The Morgan fingerprint density at radius 2 is 1.84 bits per heavy atom. The minimum absolute atomic E-state index is 0.286. The molecule has 0 saturated carbocycles. The Balaban J connectivity index is 1.60. The van der Waals surface area contributed by atoms with Crippen molar-refractivity contribution in [2.24, 2.45) is 0 Å². The monoisotopic (exact) mass is 412 g/mol. The normalized spacial score (nSPS) is 14.3. The third kappa shape index (κ3) is 3.53. The smallest absolute Gasteiger partial charge is 0.128 e. The van der Waals surface area contributed by atoms with E-state index < -0.39 is 0 Å². The predicted octanol–water partition coefficient (Wildman–Crippen LogP) is 3.12. The van der Waals surface area contributed by atoms with Crippen LogP contribution in [0, 0.1) is 11.3 Å². The van der Waals surface area contributed by atoms with E-state index in [0.717, 1.165) is 59.8 Å². The Bertz CT molecular complexity index is 1250. The summed E-state index contributed by atoms with van der Waals surface area (Å²) in [4.78, 5) is 7.01. The Morgan fingerprint density at radius 1 is 1.00 bits per heavy atom. The highest BCUT2D eigenvalue weighted by atomic mass is 15.3. The van der Waals surface area contributed by atoms with Crippen molar-refractivity contribution in [3.8, 4) is 28.3 Å². The summed E-state index contributed by atoms with van der Waals surface area (Å²) in [5, 5.41) is 21.9. The largest absolute Gasteiger partial charge is 0.354 e. The molecule has 0 unspecified atom stereocenters. The number of rotatable bonds is 4. The Kier molecular flexibility index (Phi) is 4.88. The van der Waals surface area contributed by atoms with Crippen molar-refractivity contribution in [1.82, 2.24) is 29.7 Å². The van der Waals surface area contributed by atoms with E-state index >= 15 is 0 Å². The molecular weight excluding hydrogens is 388 g/mol. The number of nitriles is 1. The first kappa shape index (κ1) is 19.3. The van der Waals surface area contributed by atoms with Crippen molar-refractivity contribution in [3.05, 3.63) is 54.7 Å². The number of fused-ring (bicyclic) bond motifs is 1. The van der Waals surface area contributed by atoms with Crippen LogP contribution in [0.3, 0.4) is 0 Å². The zero-order chi connectivity index (χ0) is 21.4. The fraction of sp³-hybridized carbons (Fsp3) is 0.304. The second kappa shape index (κ2) is 7.85. The molecule has 1 aliphatic heterocycles. The highest BCUT2D eigenvalue weighted by molar-refractivity contribution is 5.87. The van der Waals surface area contributed by atoms with Crippen molar-refractivity contribution in [2.45, 2.75) is 19.9 Å². The van der Waals surface area contributed by atoms with Gasteiger partial charge in [0.1, 0.15) is 11.9 Å². The highest BCUT2D eigenvalue weighted by Crippen LogP contribution is 2.32. The molecule has 5 heterocycles. The molecule has 0 aromatic carbocycles. The SMILES string of the molecule is CC(C)n1cc(-c2cc(-c3ccc(N4CCNCC4)nc3)c3c(C#N)cnn3c2)cn1. The summed E-state index contributed by atoms with van der Waals surface area (Å²) < 4.78 is 3.72. The summed E-state index contributed by atoms with van der Waals surface area (Å²) >= 11 is 0. The average Bonchev–Trinajstić information content (AvgIpc) is 3.47. The lowest BCUT2D eigenvalue weighted by molar-refractivity contribution is 0.532. The van der Waals surface area contributed by atoms with Crippen LogP contribution in [0.2, 0.25) is 0 Å². The molecule has 1 fully saturated rings. The summed E-state index contributed by atoms with van der Waals surface area (Å²) in [6.45, 7) is 8.04. The maximum Gasteiger partial charge on any atom is 0.128 e. The lowest BCUT2D eigenvalue weighted by Crippen LogP contribution is -2.43. The van der Waals surface area contributed by atoms with Gasteiger partial charge in [0.15, 0.2) is 0 Å². The van der Waals surface area contributed by atoms with Crippen LogP contribution in [-0.4, -0.2) is 50.6 Å². The van der Waals surface area contributed by atoms with E-state index in [1.54, 1.807) is 10.7 Å². The van der Waals surface area contributed by atoms with E-state index in [2.05, 4.69) is 58.5 Å². The number of hydrogen-bond acceptors (Lipinski definition) is 6. The minimum Gasteiger partial charge on any atom is -0.354 e. The van der Waals surface area contributed by atoms with Crippen LogP contribution in [0.1, 0.15) is 25.5 Å². The Morgan fingerprint density at radius 3 is 2.52 bits per heavy atom. The van der Waals surface area contributed by atoms with Gasteiger partial charge < -0.3 is 10.2 Å². The summed E-state index contributed by atoms with van der Waals surface area (Å²) in [6.07, 6.45) is 9.36. The molecule has 1 aliphatic rings. The molecule has 4 aromatic rings. The van der Waals surface area contributed by atoms with Crippen LogP contribution < -0.4 is 10.2 Å². The fourth-order valence-corrected chi connectivity index (χ4v) is 3.98. The minimum atomic E-state index is 0.286. The van der Waals surface area contributed by atoms with Gasteiger partial charge in [0, 0.05) is 73.1 Å². The van der Waals surface area contributed by atoms with Crippen molar-refractivity contribution >= 4 is 11.3 Å². The zero-order valence-electron chi connectivity index (χ0n) is 17.7. The van der Waals surface area contributed by atoms with E-state index in [1.807, 2.05) is 29.5 Å². The van der Waals surface area contributed by atoms with Crippen LogP contribution in [0.15, 0.2) is 49.2 Å². The number of aromatic nitrogens is 5. The van der Waals surface area contributed by atoms with E-state index in [1.165, 1.54) is 0 Å². The van der Waals surface area contributed by atoms with Gasteiger partial charge in [-0.2, -0.15) is 15.5 Å². The molecule has 8 heteroatoms. The number of nitrogens with one attached hydrogen (secondary N) is 1. The second-order valence-corrected chi connectivity index (χ2v) is 8.05. The third-order valence-electron chi connectivity index (χ3n) is 5.70. The molecular formula is C23H24N8. The van der Waals surface area contributed by atoms with E-state index in [4.69, 9.17) is 4.98 Å². The van der Waals surface area contributed by atoms with Crippen LogP contribution in [0.25, 0.3) is 27.8 Å². The summed E-state index contributed by atoms with van der Waals surface area (Å²) in [7, 11) is 0. The molecule has 4 aromatic heterocycles. The maximum atomic E-state index is 9.62. The van der Waals surface area contributed by atoms with Gasteiger partial charge in [-0.1, -0.05) is 0 Å². The predicted molar refractivity (Wildman–Crippen MR) is 120 cm³/mol. The van der Waals surface area contributed by atoms with Crippen LogP contribution in [0.4, 0.5) is 5.82 Å². The zero-order valence-corrected chi connectivity index (χ0v) is 17.7. The molecule has 5 rings (SSSR count). The molecule has 31 heavy (non-hydrogen) atoms. The van der Waals surface area contributed by atoms with Gasteiger partial charge in [0.05, 0.1) is 23.5 Å². The van der Waals surface area contributed by atoms with Crippen LogP contribution >= 0.6 is 0 Å². The lowest BCUT2D eigenvalue weighted by Gasteiger charge is -2.28. The number of pyridine rings is 2. The van der Waals surface area contributed by atoms with E-state index in [-0.39, 0.29) is 6.04 Å². The second-order valence-electron chi connectivity index (χ2n) is 8.05. The van der Waals surface area contributed by atoms with Crippen LogP contribution in [0.5, 0.6) is 0 Å². The van der Waals surface area contributed by atoms with Crippen molar-refractivity contribution in [2.75, 3.05) is 31.1 Å². The van der Waals surface area contributed by atoms with E-state index in [0.29, 0.717) is 5.56 Å².